The molecule has 1 atom stereocenters. The molecular formula is C30H32BrN3O3. The summed E-state index contributed by atoms with van der Waals surface area (Å²) in [6.45, 7) is 6.73. The molecule has 0 aliphatic rings. The van der Waals surface area contributed by atoms with Crippen LogP contribution in [0.25, 0.3) is 11.0 Å². The van der Waals surface area contributed by atoms with Crippen LogP contribution in [0.15, 0.2) is 71.2 Å². The van der Waals surface area contributed by atoms with Crippen LogP contribution in [0.1, 0.15) is 66.0 Å². The minimum atomic E-state index is -0.941. The Morgan fingerprint density at radius 3 is 2.32 bits per heavy atom. The number of aryl methyl sites for hydroxylation is 1. The highest BCUT2D eigenvalue weighted by atomic mass is 79.9. The Morgan fingerprint density at radius 1 is 1.03 bits per heavy atom. The molecule has 1 unspecified atom stereocenters. The lowest BCUT2D eigenvalue weighted by Crippen LogP contribution is -2.26. The Balaban J connectivity index is 1.68. The van der Waals surface area contributed by atoms with Crippen LogP contribution in [-0.2, 0) is 23.7 Å². The number of aromatic nitrogens is 2. The average Bonchev–Trinajstić information content (AvgIpc) is 3.17. The predicted octanol–water partition coefficient (Wildman–Crippen LogP) is 6.21. The number of amides is 1. The first-order valence-corrected chi connectivity index (χ1v) is 13.1. The number of hydrogen-bond acceptors (Lipinski definition) is 3. The number of aliphatic carboxylic acids is 1. The van der Waals surface area contributed by atoms with Crippen molar-refractivity contribution < 1.29 is 14.7 Å². The van der Waals surface area contributed by atoms with Crippen molar-refractivity contribution in [1.82, 2.24) is 14.9 Å². The van der Waals surface area contributed by atoms with Gasteiger partial charge in [-0.3, -0.25) is 9.59 Å². The van der Waals surface area contributed by atoms with Crippen molar-refractivity contribution in [3.8, 4) is 0 Å². The van der Waals surface area contributed by atoms with Crippen LogP contribution >= 0.6 is 15.9 Å². The molecule has 1 aromatic heterocycles. The van der Waals surface area contributed by atoms with Crippen molar-refractivity contribution in [2.45, 2.75) is 44.9 Å². The summed E-state index contributed by atoms with van der Waals surface area (Å²) in [5, 5.41) is 11.5. The number of imidazole rings is 1. The van der Waals surface area contributed by atoms with Gasteiger partial charge in [0.1, 0.15) is 5.82 Å². The van der Waals surface area contributed by atoms with Crippen LogP contribution in [0.5, 0.6) is 0 Å². The maximum Gasteiger partial charge on any atom is 0.305 e. The van der Waals surface area contributed by atoms with Gasteiger partial charge in [0.25, 0.3) is 5.91 Å². The van der Waals surface area contributed by atoms with E-state index in [1.807, 2.05) is 31.3 Å². The van der Waals surface area contributed by atoms with Crippen molar-refractivity contribution in [2.75, 3.05) is 6.54 Å². The maximum absolute atomic E-state index is 12.5. The van der Waals surface area contributed by atoms with Gasteiger partial charge in [-0.05, 0) is 58.9 Å². The first-order valence-electron chi connectivity index (χ1n) is 12.3. The van der Waals surface area contributed by atoms with Gasteiger partial charge in [-0.1, -0.05) is 73.1 Å². The molecule has 1 amide bonds. The minimum Gasteiger partial charge on any atom is -0.481 e. The number of carboxylic acid groups (broad SMARTS) is 1. The smallest absolute Gasteiger partial charge is 0.305 e. The van der Waals surface area contributed by atoms with E-state index in [1.165, 1.54) is 11.1 Å². The van der Waals surface area contributed by atoms with Crippen LogP contribution in [0, 0.1) is 0 Å². The van der Waals surface area contributed by atoms with E-state index in [-0.39, 0.29) is 30.2 Å². The molecule has 4 aromatic rings. The molecular weight excluding hydrogens is 530 g/mol. The first kappa shape index (κ1) is 26.6. The van der Waals surface area contributed by atoms with Crippen molar-refractivity contribution in [3.05, 3.63) is 99.3 Å². The quantitative estimate of drug-likeness (QED) is 0.267. The number of carbonyl (C=O) groups excluding carboxylic acids is 1. The van der Waals surface area contributed by atoms with Gasteiger partial charge in [0, 0.05) is 29.5 Å². The maximum atomic E-state index is 12.5. The normalized spacial score (nSPS) is 12.5. The summed E-state index contributed by atoms with van der Waals surface area (Å²) in [5.41, 5.74) is 6.12. The Bertz CT molecular complexity index is 1420. The zero-order valence-corrected chi connectivity index (χ0v) is 23.2. The number of hydrogen-bond donors (Lipinski definition) is 2. The number of nitrogens with zero attached hydrogens (tertiary/aromatic N) is 2. The van der Waals surface area contributed by atoms with E-state index in [1.54, 1.807) is 12.1 Å². The van der Waals surface area contributed by atoms with Crippen LogP contribution in [-0.4, -0.2) is 33.1 Å². The van der Waals surface area contributed by atoms with Crippen molar-refractivity contribution in [3.63, 3.8) is 0 Å². The Morgan fingerprint density at radius 2 is 1.70 bits per heavy atom. The van der Waals surface area contributed by atoms with Crippen LogP contribution < -0.4 is 5.32 Å². The van der Waals surface area contributed by atoms with E-state index in [0.717, 1.165) is 33.3 Å². The van der Waals surface area contributed by atoms with Gasteiger partial charge in [0.2, 0.25) is 0 Å². The molecule has 0 bridgehead atoms. The SMILES string of the molecule is Cn1c(C(Cc2ccc(C(C)(C)C)cc2)c2ccc(C(=O)NCCC(=O)O)cc2)nc2cc(Br)ccc21. The third-order valence-electron chi connectivity index (χ3n) is 6.65. The molecule has 37 heavy (non-hydrogen) atoms. The van der Waals surface area contributed by atoms with Gasteiger partial charge >= 0.3 is 5.97 Å². The fraction of sp³-hybridized carbons (Fsp3) is 0.300. The largest absolute Gasteiger partial charge is 0.481 e. The Labute approximate surface area is 225 Å². The summed E-state index contributed by atoms with van der Waals surface area (Å²) in [7, 11) is 2.04. The number of carboxylic acids is 1. The highest BCUT2D eigenvalue weighted by molar-refractivity contribution is 9.10. The fourth-order valence-corrected chi connectivity index (χ4v) is 4.84. The summed E-state index contributed by atoms with van der Waals surface area (Å²) >= 11 is 3.55. The highest BCUT2D eigenvalue weighted by Crippen LogP contribution is 2.32. The van der Waals surface area contributed by atoms with Gasteiger partial charge in [0.05, 0.1) is 17.5 Å². The molecule has 7 heteroatoms. The highest BCUT2D eigenvalue weighted by Gasteiger charge is 2.23. The van der Waals surface area contributed by atoms with Crippen molar-refractivity contribution in [2.24, 2.45) is 7.05 Å². The van der Waals surface area contributed by atoms with E-state index in [9.17, 15) is 9.59 Å². The molecule has 0 radical (unpaired) electrons. The first-order chi connectivity index (χ1) is 17.5. The summed E-state index contributed by atoms with van der Waals surface area (Å²) in [5.74, 6) is -0.300. The average molecular weight is 563 g/mol. The molecule has 0 aliphatic heterocycles. The molecule has 4 rings (SSSR count). The lowest BCUT2D eigenvalue weighted by Gasteiger charge is -2.21. The van der Waals surface area contributed by atoms with Crippen molar-refractivity contribution >= 4 is 38.8 Å². The molecule has 1 heterocycles. The van der Waals surface area contributed by atoms with Gasteiger partial charge < -0.3 is 15.0 Å². The van der Waals surface area contributed by atoms with Gasteiger partial charge in [0.15, 0.2) is 0 Å². The zero-order chi connectivity index (χ0) is 26.7. The lowest BCUT2D eigenvalue weighted by atomic mass is 9.85. The van der Waals surface area contributed by atoms with Crippen LogP contribution in [0.2, 0.25) is 0 Å². The van der Waals surface area contributed by atoms with Crippen molar-refractivity contribution in [1.29, 1.82) is 0 Å². The summed E-state index contributed by atoms with van der Waals surface area (Å²) < 4.78 is 3.12. The number of carbonyl (C=O) groups is 2. The second kappa shape index (κ2) is 10.9. The Hall–Kier alpha value is -3.45. The minimum absolute atomic E-state index is 0.0271. The summed E-state index contributed by atoms with van der Waals surface area (Å²) in [6, 6.07) is 22.4. The zero-order valence-electron chi connectivity index (χ0n) is 21.6. The van der Waals surface area contributed by atoms with Crippen LogP contribution in [0.3, 0.4) is 0 Å². The number of nitrogens with one attached hydrogen (secondary N) is 1. The van der Waals surface area contributed by atoms with Gasteiger partial charge in [-0.25, -0.2) is 4.98 Å². The van der Waals surface area contributed by atoms with Crippen LogP contribution in [0.4, 0.5) is 0 Å². The third-order valence-corrected chi connectivity index (χ3v) is 7.14. The van der Waals surface area contributed by atoms with E-state index in [2.05, 4.69) is 76.9 Å². The van der Waals surface area contributed by atoms with E-state index in [0.29, 0.717) is 5.56 Å². The number of halogens is 1. The number of rotatable bonds is 8. The molecule has 0 aliphatic carbocycles. The standard InChI is InChI=1S/C30H32BrN3O3/c1-30(2,3)22-11-5-19(6-12-22)17-24(28-33-25-18-23(31)13-14-26(25)34(28)4)20-7-9-21(10-8-20)29(37)32-16-15-27(35)36/h5-14,18,24H,15-17H2,1-4H3,(H,32,37)(H,35,36). The number of benzene rings is 3. The molecule has 0 saturated carbocycles. The molecule has 0 spiro atoms. The Kier molecular flexibility index (Phi) is 7.83. The fourth-order valence-electron chi connectivity index (χ4n) is 4.49. The molecule has 0 saturated heterocycles. The second-order valence-corrected chi connectivity index (χ2v) is 11.3. The van der Waals surface area contributed by atoms with E-state index in [4.69, 9.17) is 10.1 Å². The topological polar surface area (TPSA) is 84.2 Å². The monoisotopic (exact) mass is 561 g/mol. The van der Waals surface area contributed by atoms with Gasteiger partial charge in [-0.15, -0.1) is 0 Å². The predicted molar refractivity (Wildman–Crippen MR) is 150 cm³/mol. The molecule has 0 fully saturated rings. The molecule has 6 nitrogen and oxygen atoms in total. The third kappa shape index (κ3) is 6.28. The molecule has 3 aromatic carbocycles. The lowest BCUT2D eigenvalue weighted by molar-refractivity contribution is -0.136. The molecule has 2 N–H and O–H groups in total. The molecule has 192 valence electrons. The van der Waals surface area contributed by atoms with Gasteiger partial charge in [-0.2, -0.15) is 0 Å². The van der Waals surface area contributed by atoms with E-state index >= 15 is 0 Å². The summed E-state index contributed by atoms with van der Waals surface area (Å²) in [6.07, 6.45) is 0.648. The number of fused-ring (bicyclic) bond motifs is 1. The van der Waals surface area contributed by atoms with E-state index < -0.39 is 5.97 Å². The second-order valence-electron chi connectivity index (χ2n) is 10.4. The summed E-state index contributed by atoms with van der Waals surface area (Å²) in [4.78, 5) is 28.2.